The first-order valence-electron chi connectivity index (χ1n) is 9.97. The first kappa shape index (κ1) is 20.3. The number of hydrogen-bond acceptors (Lipinski definition) is 6. The third-order valence-electron chi connectivity index (χ3n) is 5.42. The highest BCUT2D eigenvalue weighted by atomic mass is 32.2. The van der Waals surface area contributed by atoms with Crippen molar-refractivity contribution in [2.45, 2.75) is 49.8 Å². The zero-order valence-corrected chi connectivity index (χ0v) is 18.1. The van der Waals surface area contributed by atoms with Crippen LogP contribution in [0.1, 0.15) is 53.0 Å². The number of sulfonamides is 1. The Hall–Kier alpha value is -1.97. The van der Waals surface area contributed by atoms with Crippen molar-refractivity contribution < 1.29 is 17.9 Å². The summed E-state index contributed by atoms with van der Waals surface area (Å²) < 4.78 is 33.3. The van der Waals surface area contributed by atoms with Crippen molar-refractivity contribution in [3.63, 3.8) is 0 Å². The number of carbonyl (C=O) groups excluding carboxylic acids is 1. The van der Waals surface area contributed by atoms with Crippen molar-refractivity contribution in [2.75, 3.05) is 25.5 Å². The van der Waals surface area contributed by atoms with Crippen molar-refractivity contribution in [1.29, 1.82) is 0 Å². The summed E-state index contributed by atoms with van der Waals surface area (Å²) in [5.74, 6) is -0.119. The second kappa shape index (κ2) is 8.41. The fourth-order valence-electron chi connectivity index (χ4n) is 3.85. The normalized spacial score (nSPS) is 17.6. The molecule has 0 atom stereocenters. The Morgan fingerprint density at radius 1 is 1.14 bits per heavy atom. The number of fused-ring (bicyclic) bond motifs is 1. The Bertz CT molecular complexity index is 987. The Kier molecular flexibility index (Phi) is 5.89. The Morgan fingerprint density at radius 2 is 1.90 bits per heavy atom. The lowest BCUT2D eigenvalue weighted by atomic mass is 10.2. The number of anilines is 1. The third kappa shape index (κ3) is 4.17. The van der Waals surface area contributed by atoms with Gasteiger partial charge in [0.15, 0.2) is 5.13 Å². The molecular formula is C20H25N3O4S2. The zero-order chi connectivity index (χ0) is 20.4. The first-order valence-corrected chi connectivity index (χ1v) is 12.2. The van der Waals surface area contributed by atoms with E-state index in [0.717, 1.165) is 50.6 Å². The number of amides is 1. The van der Waals surface area contributed by atoms with E-state index in [1.807, 2.05) is 0 Å². The van der Waals surface area contributed by atoms with E-state index in [0.29, 0.717) is 18.2 Å². The number of rotatable bonds is 5. The first-order chi connectivity index (χ1) is 14.0. The molecule has 9 heteroatoms. The lowest BCUT2D eigenvalue weighted by molar-refractivity contribution is 0.102. The van der Waals surface area contributed by atoms with Crippen LogP contribution in [0.4, 0.5) is 5.13 Å². The highest BCUT2D eigenvalue weighted by Gasteiger charge is 2.29. The minimum atomic E-state index is -3.74. The van der Waals surface area contributed by atoms with Crippen LogP contribution >= 0.6 is 11.3 Å². The monoisotopic (exact) mass is 435 g/mol. The molecule has 1 saturated heterocycles. The van der Waals surface area contributed by atoms with Crippen molar-refractivity contribution in [2.24, 2.45) is 0 Å². The Balaban J connectivity index is 1.60. The van der Waals surface area contributed by atoms with Gasteiger partial charge in [0, 0.05) is 23.5 Å². The minimum absolute atomic E-state index is 0.0381. The molecule has 0 radical (unpaired) electrons. The molecule has 156 valence electrons. The molecule has 2 aliphatic rings. The molecule has 0 unspecified atom stereocenters. The topological polar surface area (TPSA) is 88.6 Å². The number of thiazole rings is 1. The molecule has 4 rings (SSSR count). The van der Waals surface area contributed by atoms with E-state index < -0.39 is 10.0 Å². The lowest BCUT2D eigenvalue weighted by Gasteiger charge is -2.21. The number of benzene rings is 1. The van der Waals surface area contributed by atoms with Gasteiger partial charge in [-0.05, 0) is 50.3 Å². The maximum Gasteiger partial charge on any atom is 0.257 e. The molecule has 0 saturated carbocycles. The zero-order valence-electron chi connectivity index (χ0n) is 16.4. The van der Waals surface area contributed by atoms with Crippen LogP contribution in [0.3, 0.4) is 0 Å². The maximum absolute atomic E-state index is 13.3. The molecule has 1 amide bonds. The van der Waals surface area contributed by atoms with Gasteiger partial charge in [-0.3, -0.25) is 10.1 Å². The predicted octanol–water partition coefficient (Wildman–Crippen LogP) is 3.46. The second-order valence-corrected chi connectivity index (χ2v) is 10.4. The van der Waals surface area contributed by atoms with Crippen LogP contribution in [-0.2, 0) is 22.9 Å². The minimum Gasteiger partial charge on any atom is -0.495 e. The summed E-state index contributed by atoms with van der Waals surface area (Å²) in [7, 11) is -2.30. The van der Waals surface area contributed by atoms with Gasteiger partial charge in [-0.15, -0.1) is 11.3 Å². The summed E-state index contributed by atoms with van der Waals surface area (Å²) in [6, 6.07) is 4.54. The maximum atomic E-state index is 13.3. The van der Waals surface area contributed by atoms with E-state index in [9.17, 15) is 13.2 Å². The molecule has 7 nitrogen and oxygen atoms in total. The van der Waals surface area contributed by atoms with Crippen LogP contribution in [-0.4, -0.2) is 43.8 Å². The van der Waals surface area contributed by atoms with Gasteiger partial charge >= 0.3 is 0 Å². The van der Waals surface area contributed by atoms with Crippen LogP contribution in [0.5, 0.6) is 5.75 Å². The van der Waals surface area contributed by atoms with Crippen molar-refractivity contribution >= 4 is 32.4 Å². The second-order valence-electron chi connectivity index (χ2n) is 7.38. The van der Waals surface area contributed by atoms with Crippen molar-refractivity contribution in [1.82, 2.24) is 9.29 Å². The number of ether oxygens (including phenoxy) is 1. The number of nitrogens with zero attached hydrogens (tertiary/aromatic N) is 2. The van der Waals surface area contributed by atoms with E-state index in [2.05, 4.69) is 10.3 Å². The largest absolute Gasteiger partial charge is 0.495 e. The van der Waals surface area contributed by atoms with Crippen molar-refractivity contribution in [3.05, 3.63) is 34.3 Å². The van der Waals surface area contributed by atoms with E-state index in [-0.39, 0.29) is 22.1 Å². The molecule has 0 bridgehead atoms. The SMILES string of the molecule is COc1ccc(C(=O)Nc2nc3c(s2)CCC3)cc1S(=O)(=O)N1CCCCCC1. The number of methoxy groups -OCH3 is 1. The summed E-state index contributed by atoms with van der Waals surface area (Å²) in [4.78, 5) is 18.5. The fourth-order valence-corrected chi connectivity index (χ4v) is 6.60. The van der Waals surface area contributed by atoms with Crippen LogP contribution in [0.15, 0.2) is 23.1 Å². The predicted molar refractivity (Wildman–Crippen MR) is 112 cm³/mol. The van der Waals surface area contributed by atoms with Gasteiger partial charge in [0.2, 0.25) is 10.0 Å². The van der Waals surface area contributed by atoms with Crippen LogP contribution in [0, 0.1) is 0 Å². The molecule has 1 aromatic heterocycles. The van der Waals surface area contributed by atoms with Gasteiger partial charge in [-0.1, -0.05) is 12.8 Å². The Morgan fingerprint density at radius 3 is 2.59 bits per heavy atom. The van der Waals surface area contributed by atoms with E-state index in [1.165, 1.54) is 33.7 Å². The molecule has 1 fully saturated rings. The van der Waals surface area contributed by atoms with Gasteiger partial charge < -0.3 is 4.74 Å². The number of carbonyl (C=O) groups is 1. The van der Waals surface area contributed by atoms with Crippen LogP contribution in [0.2, 0.25) is 0 Å². The van der Waals surface area contributed by atoms with E-state index in [1.54, 1.807) is 12.1 Å². The fraction of sp³-hybridized carbons (Fsp3) is 0.500. The van der Waals surface area contributed by atoms with Crippen LogP contribution < -0.4 is 10.1 Å². The summed E-state index contributed by atoms with van der Waals surface area (Å²) >= 11 is 1.49. The summed E-state index contributed by atoms with van der Waals surface area (Å²) in [5.41, 5.74) is 1.33. The quantitative estimate of drug-likeness (QED) is 0.777. The average Bonchev–Trinajstić information content (AvgIpc) is 3.17. The summed E-state index contributed by atoms with van der Waals surface area (Å²) in [5, 5.41) is 3.38. The lowest BCUT2D eigenvalue weighted by Crippen LogP contribution is -2.32. The molecule has 1 aliphatic carbocycles. The smallest absolute Gasteiger partial charge is 0.257 e. The number of nitrogens with one attached hydrogen (secondary N) is 1. The summed E-state index contributed by atoms with van der Waals surface area (Å²) in [6.45, 7) is 0.985. The number of aryl methyl sites for hydroxylation is 2. The standard InChI is InChI=1S/C20H25N3O4S2/c1-27-16-10-9-14(19(24)22-20-21-15-7-6-8-17(15)28-20)13-18(16)29(25,26)23-11-4-2-3-5-12-23/h9-10,13H,2-8,11-12H2,1H3,(H,21,22,24). The van der Waals surface area contributed by atoms with E-state index >= 15 is 0 Å². The number of hydrogen-bond donors (Lipinski definition) is 1. The molecule has 0 spiro atoms. The molecule has 29 heavy (non-hydrogen) atoms. The average molecular weight is 436 g/mol. The van der Waals surface area contributed by atoms with Gasteiger partial charge in [0.1, 0.15) is 10.6 Å². The highest BCUT2D eigenvalue weighted by molar-refractivity contribution is 7.89. The molecular weight excluding hydrogens is 410 g/mol. The molecule has 1 aromatic carbocycles. The summed E-state index contributed by atoms with van der Waals surface area (Å²) in [6.07, 6.45) is 6.81. The van der Waals surface area contributed by atoms with E-state index in [4.69, 9.17) is 4.74 Å². The Labute approximate surface area is 175 Å². The molecule has 1 N–H and O–H groups in total. The van der Waals surface area contributed by atoms with Gasteiger partial charge in [0.05, 0.1) is 12.8 Å². The van der Waals surface area contributed by atoms with Gasteiger partial charge in [0.25, 0.3) is 5.91 Å². The van der Waals surface area contributed by atoms with Gasteiger partial charge in [-0.2, -0.15) is 4.31 Å². The molecule has 2 heterocycles. The highest BCUT2D eigenvalue weighted by Crippen LogP contribution is 2.32. The molecule has 1 aliphatic heterocycles. The number of aromatic nitrogens is 1. The molecule has 2 aromatic rings. The van der Waals surface area contributed by atoms with Crippen LogP contribution in [0.25, 0.3) is 0 Å². The van der Waals surface area contributed by atoms with Crippen molar-refractivity contribution in [3.8, 4) is 5.75 Å². The third-order valence-corrected chi connectivity index (χ3v) is 8.42. The van der Waals surface area contributed by atoms with Gasteiger partial charge in [-0.25, -0.2) is 13.4 Å².